The highest BCUT2D eigenvalue weighted by molar-refractivity contribution is 6.10. The number of ether oxygens (including phenoxy) is 2. The van der Waals surface area contributed by atoms with Crippen LogP contribution in [0.1, 0.15) is 0 Å². The first kappa shape index (κ1) is 22.6. The number of anilines is 3. The maximum atomic E-state index is 5.38. The second kappa shape index (κ2) is 9.63. The smallest absolute Gasteiger partial charge is 0.119 e. The number of rotatable bonds is 6. The molecule has 0 aliphatic rings. The molecule has 2 aromatic heterocycles. The highest BCUT2D eigenvalue weighted by Crippen LogP contribution is 2.38. The van der Waals surface area contributed by atoms with Crippen LogP contribution < -0.4 is 14.4 Å². The molecule has 6 rings (SSSR count). The first-order valence-corrected chi connectivity index (χ1v) is 12.1. The van der Waals surface area contributed by atoms with E-state index in [0.717, 1.165) is 61.5 Å². The fourth-order valence-corrected chi connectivity index (χ4v) is 4.72. The van der Waals surface area contributed by atoms with Gasteiger partial charge in [-0.25, -0.2) is 0 Å². The van der Waals surface area contributed by atoms with Gasteiger partial charge in [0.15, 0.2) is 0 Å². The molecular formula is C32H25N3O2. The quantitative estimate of drug-likeness (QED) is 0.225. The third kappa shape index (κ3) is 4.21. The number of fused-ring (bicyclic) bond motifs is 3. The van der Waals surface area contributed by atoms with Crippen LogP contribution in [0.5, 0.6) is 11.5 Å². The van der Waals surface area contributed by atoms with E-state index in [4.69, 9.17) is 9.47 Å². The van der Waals surface area contributed by atoms with E-state index in [1.54, 1.807) is 14.2 Å². The molecule has 0 aliphatic heterocycles. The van der Waals surface area contributed by atoms with Crippen LogP contribution in [0.15, 0.2) is 116 Å². The van der Waals surface area contributed by atoms with Gasteiger partial charge in [-0.2, -0.15) is 0 Å². The zero-order chi connectivity index (χ0) is 25.2. The van der Waals surface area contributed by atoms with Crippen LogP contribution in [-0.4, -0.2) is 24.2 Å². The van der Waals surface area contributed by atoms with E-state index < -0.39 is 0 Å². The molecule has 2 heterocycles. The SMILES string of the molecule is COc1ccc(N(c2ccc(OC)cc2)c2ccc(-c3cc4cccnc4c4ncccc34)cc2)cc1. The molecule has 0 aliphatic carbocycles. The average Bonchev–Trinajstić information content (AvgIpc) is 2.98. The summed E-state index contributed by atoms with van der Waals surface area (Å²) in [7, 11) is 3.36. The van der Waals surface area contributed by atoms with E-state index in [1.807, 2.05) is 48.8 Å². The summed E-state index contributed by atoms with van der Waals surface area (Å²) >= 11 is 0. The molecule has 180 valence electrons. The molecule has 5 nitrogen and oxygen atoms in total. The van der Waals surface area contributed by atoms with Crippen LogP contribution in [0.4, 0.5) is 17.1 Å². The number of benzene rings is 4. The van der Waals surface area contributed by atoms with Crippen molar-refractivity contribution in [3.8, 4) is 22.6 Å². The molecule has 0 fully saturated rings. The van der Waals surface area contributed by atoms with Gasteiger partial charge >= 0.3 is 0 Å². The zero-order valence-electron chi connectivity index (χ0n) is 20.6. The molecule has 0 amide bonds. The van der Waals surface area contributed by atoms with Gasteiger partial charge in [0.25, 0.3) is 0 Å². The van der Waals surface area contributed by atoms with Crippen molar-refractivity contribution in [1.29, 1.82) is 0 Å². The van der Waals surface area contributed by atoms with Crippen molar-refractivity contribution < 1.29 is 9.47 Å². The fourth-order valence-electron chi connectivity index (χ4n) is 4.72. The summed E-state index contributed by atoms with van der Waals surface area (Å²) in [5.41, 5.74) is 7.20. The molecule has 5 heteroatoms. The fraction of sp³-hybridized carbons (Fsp3) is 0.0625. The third-order valence-electron chi connectivity index (χ3n) is 6.56. The molecule has 0 spiro atoms. The van der Waals surface area contributed by atoms with Crippen molar-refractivity contribution in [3.63, 3.8) is 0 Å². The summed E-state index contributed by atoms with van der Waals surface area (Å²) < 4.78 is 10.8. The van der Waals surface area contributed by atoms with Gasteiger partial charge in [-0.1, -0.05) is 24.3 Å². The van der Waals surface area contributed by atoms with Gasteiger partial charge in [0.2, 0.25) is 0 Å². The van der Waals surface area contributed by atoms with Crippen LogP contribution >= 0.6 is 0 Å². The Labute approximate surface area is 215 Å². The predicted octanol–water partition coefficient (Wildman–Crippen LogP) is 7.94. The molecule has 0 N–H and O–H groups in total. The Morgan fingerprint density at radius 1 is 0.568 bits per heavy atom. The largest absolute Gasteiger partial charge is 0.497 e. The molecular weight excluding hydrogens is 458 g/mol. The Balaban J connectivity index is 1.46. The summed E-state index contributed by atoms with van der Waals surface area (Å²) in [6.45, 7) is 0. The first-order chi connectivity index (χ1) is 18.2. The summed E-state index contributed by atoms with van der Waals surface area (Å²) in [6.07, 6.45) is 3.64. The van der Waals surface area contributed by atoms with E-state index in [9.17, 15) is 0 Å². The lowest BCUT2D eigenvalue weighted by molar-refractivity contribution is 0.415. The molecule has 0 atom stereocenters. The van der Waals surface area contributed by atoms with E-state index in [-0.39, 0.29) is 0 Å². The lowest BCUT2D eigenvalue weighted by atomic mass is 9.97. The number of aromatic nitrogens is 2. The summed E-state index contributed by atoms with van der Waals surface area (Å²) in [6, 6.07) is 35.1. The molecule has 0 saturated heterocycles. The normalized spacial score (nSPS) is 11.0. The topological polar surface area (TPSA) is 47.5 Å². The van der Waals surface area contributed by atoms with E-state index in [0.29, 0.717) is 0 Å². The molecule has 37 heavy (non-hydrogen) atoms. The summed E-state index contributed by atoms with van der Waals surface area (Å²) in [5, 5.41) is 2.16. The third-order valence-corrected chi connectivity index (χ3v) is 6.56. The van der Waals surface area contributed by atoms with Gasteiger partial charge < -0.3 is 14.4 Å². The molecule has 4 aromatic carbocycles. The highest BCUT2D eigenvalue weighted by Gasteiger charge is 2.15. The summed E-state index contributed by atoms with van der Waals surface area (Å²) in [5.74, 6) is 1.64. The second-order valence-corrected chi connectivity index (χ2v) is 8.68. The van der Waals surface area contributed by atoms with Gasteiger partial charge in [-0.3, -0.25) is 9.97 Å². The van der Waals surface area contributed by atoms with Crippen LogP contribution in [0.3, 0.4) is 0 Å². The van der Waals surface area contributed by atoms with Crippen molar-refractivity contribution >= 4 is 38.9 Å². The second-order valence-electron chi connectivity index (χ2n) is 8.68. The molecule has 0 unspecified atom stereocenters. The van der Waals surface area contributed by atoms with Crippen LogP contribution in [0.25, 0.3) is 32.9 Å². The number of methoxy groups -OCH3 is 2. The summed E-state index contributed by atoms with van der Waals surface area (Å²) in [4.78, 5) is 11.5. The number of hydrogen-bond donors (Lipinski definition) is 0. The molecule has 6 aromatic rings. The average molecular weight is 484 g/mol. The monoisotopic (exact) mass is 483 g/mol. The Bertz CT molecular complexity index is 1630. The Kier molecular flexibility index (Phi) is 5.87. The minimum absolute atomic E-state index is 0.820. The van der Waals surface area contributed by atoms with Crippen molar-refractivity contribution in [2.75, 3.05) is 19.1 Å². The van der Waals surface area contributed by atoms with Gasteiger partial charge in [0.05, 0.1) is 25.3 Å². The van der Waals surface area contributed by atoms with Crippen molar-refractivity contribution in [1.82, 2.24) is 9.97 Å². The Hall–Kier alpha value is -4.90. The molecule has 0 bridgehead atoms. The maximum absolute atomic E-state index is 5.38. The van der Waals surface area contributed by atoms with Crippen LogP contribution in [-0.2, 0) is 0 Å². The predicted molar refractivity (Wildman–Crippen MR) is 150 cm³/mol. The molecule has 0 saturated carbocycles. The lowest BCUT2D eigenvalue weighted by Crippen LogP contribution is -2.09. The van der Waals surface area contributed by atoms with Gasteiger partial charge in [-0.15, -0.1) is 0 Å². The number of hydrogen-bond acceptors (Lipinski definition) is 5. The number of pyridine rings is 2. The minimum atomic E-state index is 0.820. The maximum Gasteiger partial charge on any atom is 0.119 e. The highest BCUT2D eigenvalue weighted by atomic mass is 16.5. The minimum Gasteiger partial charge on any atom is -0.497 e. The standard InChI is InChI=1S/C32H25N3O2/c1-36-27-15-11-25(12-16-27)35(26-13-17-28(37-2)18-14-26)24-9-7-22(8-10-24)30-21-23-5-3-19-33-31(23)32-29(30)6-4-20-34-32/h3-21H,1-2H3. The van der Waals surface area contributed by atoms with Crippen molar-refractivity contribution in [3.05, 3.63) is 116 Å². The zero-order valence-corrected chi connectivity index (χ0v) is 20.6. The van der Waals surface area contributed by atoms with Gasteiger partial charge in [0.1, 0.15) is 11.5 Å². The van der Waals surface area contributed by atoms with Gasteiger partial charge in [0, 0.05) is 40.2 Å². The first-order valence-electron chi connectivity index (χ1n) is 12.1. The Morgan fingerprint density at radius 3 is 1.65 bits per heavy atom. The molecule has 0 radical (unpaired) electrons. The van der Waals surface area contributed by atoms with Crippen LogP contribution in [0, 0.1) is 0 Å². The van der Waals surface area contributed by atoms with Crippen LogP contribution in [0.2, 0.25) is 0 Å². The van der Waals surface area contributed by atoms with Gasteiger partial charge in [-0.05, 0) is 90.0 Å². The van der Waals surface area contributed by atoms with Crippen molar-refractivity contribution in [2.45, 2.75) is 0 Å². The number of nitrogens with zero attached hydrogens (tertiary/aromatic N) is 3. The van der Waals surface area contributed by atoms with E-state index >= 15 is 0 Å². The Morgan fingerprint density at radius 2 is 1.08 bits per heavy atom. The van der Waals surface area contributed by atoms with E-state index in [2.05, 4.69) is 81.6 Å². The lowest BCUT2D eigenvalue weighted by Gasteiger charge is -2.26. The van der Waals surface area contributed by atoms with E-state index in [1.165, 1.54) is 0 Å². The van der Waals surface area contributed by atoms with Crippen molar-refractivity contribution in [2.24, 2.45) is 0 Å².